The van der Waals surface area contributed by atoms with Crippen LogP contribution < -0.4 is 0 Å². The van der Waals surface area contributed by atoms with E-state index in [1.54, 1.807) is 0 Å². The lowest BCUT2D eigenvalue weighted by atomic mass is 10.1. The maximum Gasteiger partial charge on any atom is 0.303 e. The molecule has 0 aliphatic rings. The van der Waals surface area contributed by atoms with Gasteiger partial charge in [0, 0.05) is 13.3 Å². The summed E-state index contributed by atoms with van der Waals surface area (Å²) >= 11 is 0. The van der Waals surface area contributed by atoms with Crippen LogP contribution in [0.3, 0.4) is 0 Å². The van der Waals surface area contributed by atoms with E-state index in [2.05, 4.69) is 28.7 Å². The second-order valence-corrected chi connectivity index (χ2v) is 3.12. The van der Waals surface area contributed by atoms with Crippen molar-refractivity contribution < 1.29 is 9.53 Å². The van der Waals surface area contributed by atoms with Crippen molar-refractivity contribution in [2.75, 3.05) is 6.61 Å². The van der Waals surface area contributed by atoms with Crippen molar-refractivity contribution in [3.05, 3.63) is 35.9 Å². The zero-order valence-corrected chi connectivity index (χ0v) is 8.82. The molecule has 1 aromatic carbocycles. The predicted molar refractivity (Wildman–Crippen MR) is 59.2 cm³/mol. The largest absolute Gasteiger partial charge is 0.453 e. The summed E-state index contributed by atoms with van der Waals surface area (Å²) in [6.07, 6.45) is 1.74. The summed E-state index contributed by atoms with van der Waals surface area (Å²) in [4.78, 5) is 10.4. The molecule has 0 N–H and O–H groups in total. The first-order chi connectivity index (χ1) is 7.29. The Labute approximate surface area is 90.3 Å². The number of hydrogen-bond acceptors (Lipinski definition) is 2. The number of esters is 1. The third-order valence-electron chi connectivity index (χ3n) is 1.85. The molecule has 15 heavy (non-hydrogen) atoms. The number of rotatable bonds is 3. The van der Waals surface area contributed by atoms with Gasteiger partial charge >= 0.3 is 5.97 Å². The fraction of sp³-hybridized carbons (Fsp3) is 0.308. The van der Waals surface area contributed by atoms with Crippen LogP contribution in [0.5, 0.6) is 0 Å². The Morgan fingerprint density at radius 1 is 1.27 bits per heavy atom. The Kier molecular flexibility index (Phi) is 5.03. The molecule has 0 amide bonds. The number of ether oxygens (including phenoxy) is 1. The lowest BCUT2D eigenvalue weighted by molar-refractivity contribution is -0.139. The molecule has 0 saturated heterocycles. The summed E-state index contributed by atoms with van der Waals surface area (Å²) in [7, 11) is 0. The van der Waals surface area contributed by atoms with Gasteiger partial charge in [-0.05, 0) is 12.0 Å². The predicted octanol–water partition coefficient (Wildman–Crippen LogP) is 2.19. The molecule has 2 nitrogen and oxygen atoms in total. The van der Waals surface area contributed by atoms with E-state index in [4.69, 9.17) is 0 Å². The molecule has 0 heterocycles. The average molecular weight is 202 g/mol. The summed E-state index contributed by atoms with van der Waals surface area (Å²) in [6, 6.07) is 10.2. The van der Waals surface area contributed by atoms with Crippen molar-refractivity contribution in [2.24, 2.45) is 0 Å². The van der Waals surface area contributed by atoms with Gasteiger partial charge in [-0.15, -0.1) is 0 Å². The number of hydrogen-bond donors (Lipinski definition) is 0. The van der Waals surface area contributed by atoms with Crippen LogP contribution in [0.15, 0.2) is 30.3 Å². The molecule has 1 aromatic rings. The van der Waals surface area contributed by atoms with Crippen molar-refractivity contribution in [3.8, 4) is 11.8 Å². The minimum atomic E-state index is -0.285. The molecule has 0 unspecified atom stereocenters. The van der Waals surface area contributed by atoms with Crippen LogP contribution in [-0.4, -0.2) is 12.6 Å². The lowest BCUT2D eigenvalue weighted by Crippen LogP contribution is -1.97. The van der Waals surface area contributed by atoms with Crippen molar-refractivity contribution >= 4 is 5.97 Å². The number of carbonyl (C=O) groups excluding carboxylic acids is 1. The molecule has 2 heteroatoms. The van der Waals surface area contributed by atoms with Crippen LogP contribution in [0.2, 0.25) is 0 Å². The van der Waals surface area contributed by atoms with Crippen LogP contribution in [0.25, 0.3) is 0 Å². The fourth-order valence-corrected chi connectivity index (χ4v) is 1.13. The van der Waals surface area contributed by atoms with Crippen molar-refractivity contribution in [1.29, 1.82) is 0 Å². The van der Waals surface area contributed by atoms with Crippen LogP contribution in [0.4, 0.5) is 0 Å². The van der Waals surface area contributed by atoms with Crippen LogP contribution in [0, 0.1) is 11.8 Å². The number of carbonyl (C=O) groups is 1. The Morgan fingerprint density at radius 2 is 2.00 bits per heavy atom. The molecule has 0 saturated carbocycles. The molecule has 0 bridgehead atoms. The second kappa shape index (κ2) is 6.67. The maximum atomic E-state index is 10.4. The van der Waals surface area contributed by atoms with Crippen molar-refractivity contribution in [2.45, 2.75) is 19.8 Å². The molecular weight excluding hydrogens is 188 g/mol. The highest BCUT2D eigenvalue weighted by Crippen LogP contribution is 2.00. The topological polar surface area (TPSA) is 26.3 Å². The molecule has 1 rings (SSSR count). The monoisotopic (exact) mass is 202 g/mol. The summed E-state index contributed by atoms with van der Waals surface area (Å²) in [5, 5.41) is 0. The van der Waals surface area contributed by atoms with Gasteiger partial charge in [0.15, 0.2) is 6.61 Å². The minimum Gasteiger partial charge on any atom is -0.453 e. The summed E-state index contributed by atoms with van der Waals surface area (Å²) < 4.78 is 4.68. The molecule has 78 valence electrons. The van der Waals surface area contributed by atoms with Gasteiger partial charge < -0.3 is 4.74 Å². The minimum absolute atomic E-state index is 0.199. The van der Waals surface area contributed by atoms with Gasteiger partial charge in [-0.3, -0.25) is 4.79 Å². The van der Waals surface area contributed by atoms with E-state index in [1.165, 1.54) is 12.5 Å². The Bertz CT molecular complexity index is 357. The Hall–Kier alpha value is -1.75. The van der Waals surface area contributed by atoms with Gasteiger partial charge in [0.1, 0.15) is 0 Å². The quantitative estimate of drug-likeness (QED) is 0.554. The molecule has 0 aliphatic carbocycles. The van der Waals surface area contributed by atoms with Gasteiger partial charge in [-0.2, -0.15) is 0 Å². The first-order valence-corrected chi connectivity index (χ1v) is 4.92. The van der Waals surface area contributed by atoms with Crippen LogP contribution in [0.1, 0.15) is 18.9 Å². The van der Waals surface area contributed by atoms with Gasteiger partial charge in [-0.25, -0.2) is 0 Å². The second-order valence-electron chi connectivity index (χ2n) is 3.12. The molecule has 0 radical (unpaired) electrons. The molecule has 0 spiro atoms. The van der Waals surface area contributed by atoms with Gasteiger partial charge in [0.2, 0.25) is 0 Å². The SMILES string of the molecule is CC(=O)OCC#CCCc1ccccc1. The highest BCUT2D eigenvalue weighted by atomic mass is 16.5. The van der Waals surface area contributed by atoms with E-state index in [9.17, 15) is 4.79 Å². The lowest BCUT2D eigenvalue weighted by Gasteiger charge is -1.95. The van der Waals surface area contributed by atoms with Crippen LogP contribution >= 0.6 is 0 Å². The Morgan fingerprint density at radius 3 is 2.67 bits per heavy atom. The van der Waals surface area contributed by atoms with E-state index in [-0.39, 0.29) is 12.6 Å². The van der Waals surface area contributed by atoms with E-state index in [0.717, 1.165) is 12.8 Å². The molecule has 0 aromatic heterocycles. The first kappa shape index (κ1) is 11.3. The maximum absolute atomic E-state index is 10.4. The smallest absolute Gasteiger partial charge is 0.303 e. The normalized spacial score (nSPS) is 8.87. The van der Waals surface area contributed by atoms with E-state index >= 15 is 0 Å². The van der Waals surface area contributed by atoms with E-state index < -0.39 is 0 Å². The Balaban J connectivity index is 2.19. The van der Waals surface area contributed by atoms with Crippen molar-refractivity contribution in [1.82, 2.24) is 0 Å². The third-order valence-corrected chi connectivity index (χ3v) is 1.85. The summed E-state index contributed by atoms with van der Waals surface area (Å²) in [5.74, 6) is 5.47. The zero-order chi connectivity index (χ0) is 10.9. The molecule has 0 atom stereocenters. The van der Waals surface area contributed by atoms with E-state index in [1.807, 2.05) is 18.2 Å². The molecular formula is C13H14O2. The summed E-state index contributed by atoms with van der Waals surface area (Å²) in [6.45, 7) is 1.58. The highest BCUT2D eigenvalue weighted by Gasteiger charge is 1.88. The van der Waals surface area contributed by atoms with Gasteiger partial charge in [0.25, 0.3) is 0 Å². The molecule has 0 aliphatic heterocycles. The van der Waals surface area contributed by atoms with Gasteiger partial charge in [-0.1, -0.05) is 42.2 Å². The standard InChI is InChI=1S/C13H14O2/c1-12(14)15-11-7-3-6-10-13-8-4-2-5-9-13/h2,4-5,8-9H,6,10-11H2,1H3. The first-order valence-electron chi connectivity index (χ1n) is 4.92. The number of aryl methyl sites for hydroxylation is 1. The summed E-state index contributed by atoms with van der Waals surface area (Å²) in [5.41, 5.74) is 1.28. The van der Waals surface area contributed by atoms with Crippen LogP contribution in [-0.2, 0) is 16.0 Å². The van der Waals surface area contributed by atoms with E-state index in [0.29, 0.717) is 0 Å². The highest BCUT2D eigenvalue weighted by molar-refractivity contribution is 5.66. The third kappa shape index (κ3) is 5.53. The van der Waals surface area contributed by atoms with Crippen molar-refractivity contribution in [3.63, 3.8) is 0 Å². The fourth-order valence-electron chi connectivity index (χ4n) is 1.13. The van der Waals surface area contributed by atoms with Gasteiger partial charge in [0.05, 0.1) is 0 Å². The molecule has 0 fully saturated rings. The number of benzene rings is 1. The zero-order valence-electron chi connectivity index (χ0n) is 8.82. The average Bonchev–Trinajstić information content (AvgIpc) is 2.24.